The molecule has 0 heterocycles. The summed E-state index contributed by atoms with van der Waals surface area (Å²) in [5.74, 6) is 0.827. The van der Waals surface area contributed by atoms with E-state index in [1.165, 1.54) is 126 Å². The molecule has 0 fully saturated rings. The lowest BCUT2D eigenvalue weighted by molar-refractivity contribution is -0.910. The topological polar surface area (TPSA) is 57.2 Å². The van der Waals surface area contributed by atoms with Crippen molar-refractivity contribution in [1.29, 1.82) is 0 Å². The molecule has 1 rings (SSSR count). The second-order valence-corrected chi connectivity index (χ2v) is 11.7. The Morgan fingerprint density at radius 2 is 1.09 bits per heavy atom. The Hall–Kier alpha value is -0.620. The molecule has 0 aromatic heterocycles. The number of aryl methyl sites for hydroxylation is 1. The fourth-order valence-electron chi connectivity index (χ4n) is 4.18. The van der Waals surface area contributed by atoms with Crippen molar-refractivity contribution in [2.75, 3.05) is 32.6 Å². The van der Waals surface area contributed by atoms with Crippen molar-refractivity contribution in [2.24, 2.45) is 0 Å². The zero-order chi connectivity index (χ0) is 25.7. The van der Waals surface area contributed by atoms with Crippen LogP contribution in [0.3, 0.4) is 0 Å². The number of benzene rings is 1. The minimum absolute atomic E-state index is 0.178. The van der Waals surface area contributed by atoms with Crippen LogP contribution in [0.2, 0.25) is 0 Å². The molecule has 0 bridgehead atoms. The van der Waals surface area contributed by atoms with Crippen molar-refractivity contribution in [2.45, 2.75) is 116 Å². The molecule has 0 spiro atoms. The smallest absolute Gasteiger partial charge is 0.124 e. The van der Waals surface area contributed by atoms with Crippen LogP contribution in [0.1, 0.15) is 109 Å². The third-order valence-corrected chi connectivity index (χ3v) is 7.61. The minimum Gasteiger partial charge on any atom is -0.744 e. The van der Waals surface area contributed by atoms with Crippen molar-refractivity contribution in [1.82, 2.24) is 0 Å². The maximum Gasteiger partial charge on any atom is 0.124 e. The normalized spacial score (nSPS) is 11.8. The predicted octanol–water partition coefficient (Wildman–Crippen LogP) is 8.07. The number of rotatable bonds is 19. The summed E-state index contributed by atoms with van der Waals surface area (Å²) in [6, 6.07) is 5.78. The first kappa shape index (κ1) is 33.4. The summed E-state index contributed by atoms with van der Waals surface area (Å²) in [4.78, 5) is -0.178. The van der Waals surface area contributed by atoms with Gasteiger partial charge in [-0.1, -0.05) is 82.9 Å². The summed E-state index contributed by atoms with van der Waals surface area (Å²) in [6.07, 6.45) is 19.4. The van der Waals surface area contributed by atoms with Crippen LogP contribution in [-0.2, 0) is 10.1 Å². The van der Waals surface area contributed by atoms with E-state index in [9.17, 15) is 13.0 Å². The number of alkyl halides is 1. The first-order chi connectivity index (χ1) is 16.2. The Labute approximate surface area is 216 Å². The number of unbranched alkanes of at least 4 members (excludes halogenated alkanes) is 11. The lowest BCUT2D eigenvalue weighted by atomic mass is 10.1. The quantitative estimate of drug-likeness (QED) is 0.0806. The highest BCUT2D eigenvalue weighted by Crippen LogP contribution is 2.15. The fraction of sp³-hybridized carbons (Fsp3) is 0.786. The van der Waals surface area contributed by atoms with Crippen molar-refractivity contribution >= 4 is 21.7 Å². The maximum absolute atomic E-state index is 10.4. The lowest BCUT2D eigenvalue weighted by Gasteiger charge is -2.35. The average Bonchev–Trinajstić information content (AvgIpc) is 2.79. The van der Waals surface area contributed by atoms with Crippen LogP contribution in [-0.4, -0.2) is 50.0 Å². The van der Waals surface area contributed by atoms with E-state index in [0.717, 1.165) is 11.4 Å². The number of hydrogen-bond acceptors (Lipinski definition) is 3. The molecule has 4 nitrogen and oxygen atoms in total. The minimum atomic E-state index is -4.27. The van der Waals surface area contributed by atoms with Gasteiger partial charge in [0.1, 0.15) is 10.1 Å². The van der Waals surface area contributed by atoms with Crippen molar-refractivity contribution in [3.05, 3.63) is 29.8 Å². The number of nitrogens with zero attached hydrogens (tertiary/aromatic N) is 1. The van der Waals surface area contributed by atoms with Gasteiger partial charge in [-0.25, -0.2) is 8.42 Å². The van der Waals surface area contributed by atoms with E-state index in [-0.39, 0.29) is 4.90 Å². The van der Waals surface area contributed by atoms with Gasteiger partial charge in [0.15, 0.2) is 0 Å². The number of quaternary nitrogens is 1. The highest BCUT2D eigenvalue weighted by molar-refractivity contribution is 7.85. The predicted molar refractivity (Wildman–Crippen MR) is 147 cm³/mol. The molecule has 0 aliphatic carbocycles. The second kappa shape index (κ2) is 20.6. The van der Waals surface area contributed by atoms with E-state index >= 15 is 0 Å². The highest BCUT2D eigenvalue weighted by Gasteiger charge is 2.20. The van der Waals surface area contributed by atoms with E-state index in [4.69, 9.17) is 11.6 Å². The maximum atomic E-state index is 10.4. The van der Waals surface area contributed by atoms with E-state index in [1.54, 1.807) is 12.1 Å². The van der Waals surface area contributed by atoms with Crippen molar-refractivity contribution in [3.63, 3.8) is 0 Å². The molecule has 0 radical (unpaired) electrons. The van der Waals surface area contributed by atoms with Gasteiger partial charge < -0.3 is 9.04 Å². The summed E-state index contributed by atoms with van der Waals surface area (Å²) in [6.45, 7) is 10.5. The molecule has 1 aromatic rings. The molecule has 0 aliphatic heterocycles. The van der Waals surface area contributed by atoms with Gasteiger partial charge in [-0.15, -0.1) is 11.6 Å². The molecule has 0 N–H and O–H groups in total. The molecular formula is C28H52ClNO3S. The molecule has 200 valence electrons. The van der Waals surface area contributed by atoms with Gasteiger partial charge in [-0.3, -0.25) is 0 Å². The lowest BCUT2D eigenvalue weighted by Crippen LogP contribution is -2.46. The second-order valence-electron chi connectivity index (χ2n) is 9.99. The first-order valence-corrected chi connectivity index (χ1v) is 15.5. The molecule has 34 heavy (non-hydrogen) atoms. The van der Waals surface area contributed by atoms with Crippen LogP contribution in [0.4, 0.5) is 0 Å². The zero-order valence-electron chi connectivity index (χ0n) is 22.5. The van der Waals surface area contributed by atoms with Crippen molar-refractivity contribution in [3.8, 4) is 0 Å². The molecule has 0 aliphatic rings. The summed E-state index contributed by atoms with van der Waals surface area (Å²) in [5.41, 5.74) is 0.928. The Balaban J connectivity index is 0.000000818. The summed E-state index contributed by atoms with van der Waals surface area (Å²) in [5, 5.41) is 0. The van der Waals surface area contributed by atoms with Crippen LogP contribution >= 0.6 is 11.6 Å². The molecular weight excluding hydrogens is 466 g/mol. The van der Waals surface area contributed by atoms with Gasteiger partial charge >= 0.3 is 0 Å². The highest BCUT2D eigenvalue weighted by atomic mass is 35.5. The molecule has 0 saturated heterocycles. The van der Waals surface area contributed by atoms with E-state index in [1.807, 2.05) is 6.92 Å². The molecule has 1 aromatic carbocycles. The van der Waals surface area contributed by atoms with Crippen LogP contribution in [0.15, 0.2) is 29.2 Å². The van der Waals surface area contributed by atoms with Gasteiger partial charge in [0.25, 0.3) is 0 Å². The van der Waals surface area contributed by atoms with Gasteiger partial charge in [-0.2, -0.15) is 0 Å². The summed E-state index contributed by atoms with van der Waals surface area (Å²) < 4.78 is 32.5. The average molecular weight is 518 g/mol. The largest absolute Gasteiger partial charge is 0.744 e. The van der Waals surface area contributed by atoms with Crippen LogP contribution in [0.5, 0.6) is 0 Å². The Bertz CT molecular complexity index is 676. The van der Waals surface area contributed by atoms with Crippen LogP contribution < -0.4 is 0 Å². The molecule has 0 amide bonds. The van der Waals surface area contributed by atoms with E-state index < -0.39 is 10.1 Å². The number of halogens is 1. The summed E-state index contributed by atoms with van der Waals surface area (Å²) in [7, 11) is -1.78. The monoisotopic (exact) mass is 517 g/mol. The zero-order valence-corrected chi connectivity index (χ0v) is 24.1. The first-order valence-electron chi connectivity index (χ1n) is 13.6. The van der Waals surface area contributed by atoms with Gasteiger partial charge in [0, 0.05) is 5.88 Å². The molecule has 0 saturated carbocycles. The van der Waals surface area contributed by atoms with E-state index in [2.05, 4.69) is 20.9 Å². The van der Waals surface area contributed by atoms with E-state index in [0.29, 0.717) is 0 Å². The molecule has 6 heteroatoms. The SMILES string of the molecule is CCCCCCCC[N+](C)(CCCCCl)CCCCCCCC.Cc1ccc(S(=O)(=O)[O-])cc1. The standard InChI is InChI=1S/C21H45ClN.C7H8O3S/c1-4-6-8-10-12-15-19-23(3,21-17-14-18-22)20-16-13-11-9-7-5-2;1-6-2-4-7(5-3-6)11(8,9)10/h4-21H2,1-3H3;2-5H,1H3,(H,8,9,10)/q+1;/p-1. The molecule has 0 atom stereocenters. The van der Waals surface area contributed by atoms with Gasteiger partial charge in [0.2, 0.25) is 0 Å². The Morgan fingerprint density at radius 3 is 1.47 bits per heavy atom. The van der Waals surface area contributed by atoms with Crippen LogP contribution in [0, 0.1) is 6.92 Å². The number of hydrogen-bond donors (Lipinski definition) is 0. The third-order valence-electron chi connectivity index (χ3n) is 6.49. The fourth-order valence-corrected chi connectivity index (χ4v) is 4.83. The Kier molecular flexibility index (Phi) is 20.2. The van der Waals surface area contributed by atoms with Gasteiger partial charge in [0.05, 0.1) is 31.6 Å². The van der Waals surface area contributed by atoms with Gasteiger partial charge in [-0.05, 0) is 57.6 Å². The Morgan fingerprint density at radius 1 is 0.706 bits per heavy atom. The third kappa shape index (κ3) is 18.7. The van der Waals surface area contributed by atoms with Crippen LogP contribution in [0.25, 0.3) is 0 Å². The summed E-state index contributed by atoms with van der Waals surface area (Å²) >= 11 is 5.87. The molecule has 0 unspecified atom stereocenters. The van der Waals surface area contributed by atoms with Crippen molar-refractivity contribution < 1.29 is 17.5 Å².